The van der Waals surface area contributed by atoms with Gasteiger partial charge < -0.3 is 4.74 Å². The molecule has 0 radical (unpaired) electrons. The third kappa shape index (κ3) is 3.75. The molecule has 0 bridgehead atoms. The minimum atomic E-state index is -4.01. The van der Waals surface area contributed by atoms with Gasteiger partial charge in [-0.2, -0.15) is 5.26 Å². The molecule has 0 aliphatic rings. The lowest BCUT2D eigenvalue weighted by atomic mass is 10.3. The molecule has 17 heavy (non-hydrogen) atoms. The number of halogens is 3. The smallest absolute Gasteiger partial charge is 0.265 e. The fourth-order valence-corrected chi connectivity index (χ4v) is 3.09. The minimum absolute atomic E-state index is 0.0562. The van der Waals surface area contributed by atoms with E-state index in [0.29, 0.717) is 4.47 Å². The van der Waals surface area contributed by atoms with Gasteiger partial charge in [-0.1, -0.05) is 27.5 Å². The zero-order chi connectivity index (χ0) is 13.2. The molecule has 8 heteroatoms. The van der Waals surface area contributed by atoms with Crippen LogP contribution in [0.4, 0.5) is 0 Å². The van der Waals surface area contributed by atoms with Crippen LogP contribution in [0, 0.1) is 11.3 Å². The summed E-state index contributed by atoms with van der Waals surface area (Å²) in [5.74, 6) is -0.126. The Hall–Kier alpha value is -0.480. The van der Waals surface area contributed by atoms with E-state index >= 15 is 0 Å². The highest BCUT2D eigenvalue weighted by atomic mass is 79.9. The zero-order valence-corrected chi connectivity index (χ0v) is 12.4. The molecule has 0 aliphatic carbocycles. The van der Waals surface area contributed by atoms with Crippen LogP contribution in [0.3, 0.4) is 0 Å². The maximum Gasteiger partial charge on any atom is 0.265 e. The van der Waals surface area contributed by atoms with Gasteiger partial charge in [0, 0.05) is 15.2 Å². The van der Waals surface area contributed by atoms with E-state index in [-0.39, 0.29) is 15.7 Å². The summed E-state index contributed by atoms with van der Waals surface area (Å²) < 4.78 is 28.3. The van der Waals surface area contributed by atoms with Crippen LogP contribution in [-0.2, 0) is 9.05 Å². The number of rotatable bonds is 3. The Morgan fingerprint density at radius 3 is 2.59 bits per heavy atom. The second kappa shape index (κ2) is 5.44. The molecule has 0 heterocycles. The zero-order valence-electron chi connectivity index (χ0n) is 8.45. The molecule has 0 fully saturated rings. The molecule has 0 spiro atoms. The summed E-state index contributed by atoms with van der Waals surface area (Å²) in [7, 11) is 1.26. The second-order valence-corrected chi connectivity index (χ2v) is 6.90. The standard InChI is InChI=1S/C9H6BrCl2NO3S/c1-5(4-13)16-9-7(11)2-6(10)3-8(9)17(12,14)15/h2-3,5H,1H3. The van der Waals surface area contributed by atoms with Crippen molar-refractivity contribution in [1.82, 2.24) is 0 Å². The molecule has 1 atom stereocenters. The second-order valence-electron chi connectivity index (χ2n) is 3.04. The van der Waals surface area contributed by atoms with Crippen molar-refractivity contribution in [1.29, 1.82) is 5.26 Å². The maximum atomic E-state index is 11.4. The van der Waals surface area contributed by atoms with Crippen LogP contribution in [0.5, 0.6) is 5.75 Å². The van der Waals surface area contributed by atoms with Crippen LogP contribution in [0.25, 0.3) is 0 Å². The molecule has 0 aliphatic heterocycles. The Morgan fingerprint density at radius 1 is 1.53 bits per heavy atom. The molecular formula is C9H6BrCl2NO3S. The first-order valence-electron chi connectivity index (χ1n) is 4.25. The average molecular weight is 359 g/mol. The minimum Gasteiger partial charge on any atom is -0.473 e. The van der Waals surface area contributed by atoms with E-state index < -0.39 is 15.2 Å². The van der Waals surface area contributed by atoms with E-state index in [4.69, 9.17) is 32.3 Å². The summed E-state index contributed by atoms with van der Waals surface area (Å²) in [5, 5.41) is 8.68. The monoisotopic (exact) mass is 357 g/mol. The first kappa shape index (κ1) is 14.6. The van der Waals surface area contributed by atoms with Gasteiger partial charge in [-0.05, 0) is 19.1 Å². The highest BCUT2D eigenvalue weighted by Crippen LogP contribution is 2.37. The summed E-state index contributed by atoms with van der Waals surface area (Å²) in [6.45, 7) is 1.46. The fraction of sp³-hybridized carbons (Fsp3) is 0.222. The van der Waals surface area contributed by atoms with Gasteiger partial charge in [0.15, 0.2) is 11.9 Å². The Labute approximate surface area is 117 Å². The van der Waals surface area contributed by atoms with Crippen molar-refractivity contribution >= 4 is 47.3 Å². The molecule has 0 N–H and O–H groups in total. The molecule has 0 amide bonds. The van der Waals surface area contributed by atoms with Crippen molar-refractivity contribution in [3.8, 4) is 11.8 Å². The third-order valence-electron chi connectivity index (χ3n) is 1.71. The Bertz CT molecular complexity index is 583. The lowest BCUT2D eigenvalue weighted by Crippen LogP contribution is -2.11. The van der Waals surface area contributed by atoms with E-state index in [1.165, 1.54) is 19.1 Å². The molecule has 0 saturated carbocycles. The van der Waals surface area contributed by atoms with E-state index in [2.05, 4.69) is 15.9 Å². The molecule has 1 unspecified atom stereocenters. The summed E-state index contributed by atoms with van der Waals surface area (Å²) in [5.41, 5.74) is 0. The third-order valence-corrected chi connectivity index (χ3v) is 3.78. The van der Waals surface area contributed by atoms with Gasteiger partial charge in [0.25, 0.3) is 9.05 Å². The van der Waals surface area contributed by atoms with Crippen LogP contribution >= 0.6 is 38.2 Å². The molecule has 1 aromatic carbocycles. The number of hydrogen-bond donors (Lipinski definition) is 0. The Kier molecular flexibility index (Phi) is 4.67. The van der Waals surface area contributed by atoms with E-state index in [0.717, 1.165) is 0 Å². The van der Waals surface area contributed by atoms with E-state index in [1.54, 1.807) is 6.07 Å². The Morgan fingerprint density at radius 2 is 2.12 bits per heavy atom. The van der Waals surface area contributed by atoms with Crippen molar-refractivity contribution in [2.75, 3.05) is 0 Å². The lowest BCUT2D eigenvalue weighted by Gasteiger charge is -2.13. The largest absolute Gasteiger partial charge is 0.473 e. The topological polar surface area (TPSA) is 67.2 Å². The molecule has 1 aromatic rings. The van der Waals surface area contributed by atoms with Crippen molar-refractivity contribution in [2.24, 2.45) is 0 Å². The van der Waals surface area contributed by atoms with Gasteiger partial charge in [0.05, 0.1) is 5.02 Å². The molecule has 1 rings (SSSR count). The van der Waals surface area contributed by atoms with Crippen LogP contribution in [0.1, 0.15) is 6.92 Å². The maximum absolute atomic E-state index is 11.4. The first-order valence-corrected chi connectivity index (χ1v) is 7.73. The fourth-order valence-electron chi connectivity index (χ4n) is 1.04. The summed E-state index contributed by atoms with van der Waals surface area (Å²) in [6, 6.07) is 4.51. The molecule has 4 nitrogen and oxygen atoms in total. The van der Waals surface area contributed by atoms with Gasteiger partial charge >= 0.3 is 0 Å². The van der Waals surface area contributed by atoms with Crippen molar-refractivity contribution < 1.29 is 13.2 Å². The predicted octanol–water partition coefficient (Wildman–Crippen LogP) is 3.32. The van der Waals surface area contributed by atoms with E-state index in [1.807, 2.05) is 0 Å². The summed E-state index contributed by atoms with van der Waals surface area (Å²) in [6.07, 6.45) is -0.842. The normalized spacial score (nSPS) is 12.9. The molecular weight excluding hydrogens is 353 g/mol. The van der Waals surface area contributed by atoms with Gasteiger partial charge in [-0.3, -0.25) is 0 Å². The number of ether oxygens (including phenoxy) is 1. The number of nitrogens with zero attached hydrogens (tertiary/aromatic N) is 1. The van der Waals surface area contributed by atoms with Crippen LogP contribution in [0.2, 0.25) is 5.02 Å². The SMILES string of the molecule is CC(C#N)Oc1c(Cl)cc(Br)cc1S(=O)(=O)Cl. The molecule has 92 valence electrons. The van der Waals surface area contributed by atoms with Gasteiger partial charge in [-0.15, -0.1) is 0 Å². The average Bonchev–Trinajstić information content (AvgIpc) is 2.19. The highest BCUT2D eigenvalue weighted by molar-refractivity contribution is 9.10. The van der Waals surface area contributed by atoms with Gasteiger partial charge in [0.2, 0.25) is 0 Å². The van der Waals surface area contributed by atoms with E-state index in [9.17, 15) is 8.42 Å². The van der Waals surface area contributed by atoms with Gasteiger partial charge in [-0.25, -0.2) is 8.42 Å². The number of nitriles is 1. The lowest BCUT2D eigenvalue weighted by molar-refractivity contribution is 0.269. The van der Waals surface area contributed by atoms with Crippen molar-refractivity contribution in [3.05, 3.63) is 21.6 Å². The number of benzene rings is 1. The highest BCUT2D eigenvalue weighted by Gasteiger charge is 2.22. The summed E-state index contributed by atoms with van der Waals surface area (Å²) >= 11 is 8.95. The molecule has 0 aromatic heterocycles. The van der Waals surface area contributed by atoms with Crippen LogP contribution in [0.15, 0.2) is 21.5 Å². The van der Waals surface area contributed by atoms with Crippen molar-refractivity contribution in [2.45, 2.75) is 17.9 Å². The van der Waals surface area contributed by atoms with Gasteiger partial charge in [0.1, 0.15) is 11.0 Å². The first-order chi connectivity index (χ1) is 7.75. The predicted molar refractivity (Wildman–Crippen MR) is 67.9 cm³/mol. The van der Waals surface area contributed by atoms with Crippen molar-refractivity contribution in [3.63, 3.8) is 0 Å². The number of hydrogen-bond acceptors (Lipinski definition) is 4. The Balaban J connectivity index is 3.43. The summed E-state index contributed by atoms with van der Waals surface area (Å²) in [4.78, 5) is -0.277. The quantitative estimate of drug-likeness (QED) is 0.777. The molecule has 0 saturated heterocycles. The van der Waals surface area contributed by atoms with Crippen LogP contribution < -0.4 is 4.74 Å². The van der Waals surface area contributed by atoms with Crippen LogP contribution in [-0.4, -0.2) is 14.5 Å².